The molecule has 0 aliphatic carbocycles. The molecule has 1 fully saturated rings. The molecule has 1 aliphatic heterocycles. The number of nitrogens with one attached hydrogen (secondary N) is 2. The minimum absolute atomic E-state index is 0. The van der Waals surface area contributed by atoms with E-state index in [1.807, 2.05) is 12.1 Å². The molecule has 3 rings (SSSR count). The summed E-state index contributed by atoms with van der Waals surface area (Å²) in [5.74, 6) is 0.190. The van der Waals surface area contributed by atoms with Gasteiger partial charge in [0.15, 0.2) is 5.96 Å². The summed E-state index contributed by atoms with van der Waals surface area (Å²) in [6, 6.07) is 12.0. The van der Waals surface area contributed by atoms with Gasteiger partial charge in [0.05, 0.1) is 0 Å². The van der Waals surface area contributed by atoms with Crippen LogP contribution in [0.5, 0.6) is 0 Å². The summed E-state index contributed by atoms with van der Waals surface area (Å²) >= 11 is 3.26. The van der Waals surface area contributed by atoms with E-state index in [0.29, 0.717) is 18.1 Å². The normalized spacial score (nSPS) is 15.1. The summed E-state index contributed by atoms with van der Waals surface area (Å²) in [7, 11) is 1.70. The van der Waals surface area contributed by atoms with Crippen molar-refractivity contribution in [3.63, 3.8) is 0 Å². The summed E-state index contributed by atoms with van der Waals surface area (Å²) in [5, 5.41) is 6.56. The van der Waals surface area contributed by atoms with Crippen molar-refractivity contribution in [1.29, 1.82) is 0 Å². The summed E-state index contributed by atoms with van der Waals surface area (Å²) in [6.07, 6.45) is 1.84. The van der Waals surface area contributed by atoms with Crippen LogP contribution in [0.3, 0.4) is 0 Å². The van der Waals surface area contributed by atoms with Gasteiger partial charge in [0, 0.05) is 48.4 Å². The molecule has 0 aromatic heterocycles. The first-order chi connectivity index (χ1) is 13.0. The van der Waals surface area contributed by atoms with E-state index in [4.69, 9.17) is 0 Å². The van der Waals surface area contributed by atoms with Gasteiger partial charge in [0.2, 0.25) is 0 Å². The molecule has 28 heavy (non-hydrogen) atoms. The lowest BCUT2D eigenvalue weighted by Crippen LogP contribution is -2.48. The second kappa shape index (κ2) is 10.9. The molecular formula is C20H24BrF2IN4. The summed E-state index contributed by atoms with van der Waals surface area (Å²) < 4.78 is 28.1. The Balaban J connectivity index is 0.00000280. The molecule has 0 spiro atoms. The van der Waals surface area contributed by atoms with Crippen LogP contribution >= 0.6 is 39.9 Å². The lowest BCUT2D eigenvalue weighted by molar-refractivity contribution is 0.460. The molecule has 2 aromatic rings. The predicted molar refractivity (Wildman–Crippen MR) is 124 cm³/mol. The van der Waals surface area contributed by atoms with Gasteiger partial charge in [-0.15, -0.1) is 24.0 Å². The van der Waals surface area contributed by atoms with Crippen molar-refractivity contribution in [3.05, 3.63) is 64.1 Å². The van der Waals surface area contributed by atoms with Crippen LogP contribution in [0.2, 0.25) is 0 Å². The third-order valence-electron chi connectivity index (χ3n) is 4.69. The largest absolute Gasteiger partial charge is 0.371 e. The number of guanidine groups is 1. The highest BCUT2D eigenvalue weighted by molar-refractivity contribution is 14.0. The van der Waals surface area contributed by atoms with Crippen LogP contribution < -0.4 is 15.5 Å². The van der Waals surface area contributed by atoms with Crippen molar-refractivity contribution >= 4 is 51.6 Å². The molecule has 0 unspecified atom stereocenters. The van der Waals surface area contributed by atoms with Crippen LogP contribution in [-0.4, -0.2) is 32.1 Å². The summed E-state index contributed by atoms with van der Waals surface area (Å²) in [6.45, 7) is 2.06. The van der Waals surface area contributed by atoms with E-state index in [-0.39, 0.29) is 41.7 Å². The van der Waals surface area contributed by atoms with Crippen LogP contribution in [0.1, 0.15) is 18.4 Å². The maximum atomic E-state index is 13.9. The van der Waals surface area contributed by atoms with Crippen molar-refractivity contribution in [2.45, 2.75) is 25.4 Å². The van der Waals surface area contributed by atoms with E-state index in [2.05, 4.69) is 36.5 Å². The molecule has 152 valence electrons. The van der Waals surface area contributed by atoms with Crippen molar-refractivity contribution < 1.29 is 8.78 Å². The lowest BCUT2D eigenvalue weighted by atomic mass is 10.0. The highest BCUT2D eigenvalue weighted by Crippen LogP contribution is 2.21. The second-order valence-corrected chi connectivity index (χ2v) is 7.46. The number of piperidine rings is 1. The fourth-order valence-electron chi connectivity index (χ4n) is 3.19. The fourth-order valence-corrected chi connectivity index (χ4v) is 3.52. The highest BCUT2D eigenvalue weighted by Gasteiger charge is 2.20. The van der Waals surface area contributed by atoms with E-state index >= 15 is 0 Å². The van der Waals surface area contributed by atoms with E-state index < -0.39 is 0 Å². The maximum Gasteiger partial charge on any atom is 0.191 e. The predicted octanol–water partition coefficient (Wildman–Crippen LogP) is 4.68. The Labute approximate surface area is 189 Å². The van der Waals surface area contributed by atoms with Gasteiger partial charge in [-0.25, -0.2) is 8.78 Å². The van der Waals surface area contributed by atoms with Crippen LogP contribution in [0.15, 0.2) is 51.9 Å². The van der Waals surface area contributed by atoms with Crippen molar-refractivity contribution in [2.24, 2.45) is 4.99 Å². The zero-order chi connectivity index (χ0) is 19.2. The number of halogens is 4. The van der Waals surface area contributed by atoms with Crippen LogP contribution in [-0.2, 0) is 6.54 Å². The third-order valence-corrected chi connectivity index (χ3v) is 5.19. The van der Waals surface area contributed by atoms with Gasteiger partial charge in [-0.05, 0) is 43.2 Å². The Morgan fingerprint density at radius 2 is 1.93 bits per heavy atom. The molecule has 1 heterocycles. The van der Waals surface area contributed by atoms with Gasteiger partial charge in [-0.1, -0.05) is 28.1 Å². The quantitative estimate of drug-likeness (QED) is 0.322. The van der Waals surface area contributed by atoms with Gasteiger partial charge in [0.1, 0.15) is 11.6 Å². The van der Waals surface area contributed by atoms with Crippen molar-refractivity contribution in [2.75, 3.05) is 25.0 Å². The van der Waals surface area contributed by atoms with Gasteiger partial charge in [0.25, 0.3) is 0 Å². The van der Waals surface area contributed by atoms with Crippen molar-refractivity contribution in [3.8, 4) is 0 Å². The molecule has 1 saturated heterocycles. The topological polar surface area (TPSA) is 39.7 Å². The minimum Gasteiger partial charge on any atom is -0.371 e. The Hall–Kier alpha value is -1.42. The van der Waals surface area contributed by atoms with Gasteiger partial charge < -0.3 is 15.5 Å². The number of anilines is 1. The highest BCUT2D eigenvalue weighted by atomic mass is 127. The van der Waals surface area contributed by atoms with Gasteiger partial charge >= 0.3 is 0 Å². The lowest BCUT2D eigenvalue weighted by Gasteiger charge is -2.34. The molecule has 4 nitrogen and oxygen atoms in total. The standard InChI is InChI=1S/C20H23BrF2N4.HI/c1-24-20(25-13-14-5-6-15(21)11-19(14)23)26-17-7-9-27(10-8-17)18-4-2-3-16(22)12-18;/h2-6,11-12,17H,7-10,13H2,1H3,(H2,24,25,26);1H. The fraction of sp³-hybridized carbons (Fsp3) is 0.350. The Kier molecular flexibility index (Phi) is 8.94. The van der Waals surface area contributed by atoms with E-state index in [0.717, 1.165) is 36.1 Å². The molecule has 2 N–H and O–H groups in total. The number of hydrogen-bond donors (Lipinski definition) is 2. The van der Waals surface area contributed by atoms with Gasteiger partial charge in [-0.3, -0.25) is 4.99 Å². The van der Waals surface area contributed by atoms with Crippen LogP contribution in [0.4, 0.5) is 14.5 Å². The molecule has 2 aromatic carbocycles. The maximum absolute atomic E-state index is 13.9. The number of benzene rings is 2. The molecule has 0 radical (unpaired) electrons. The molecular weight excluding hydrogens is 541 g/mol. The molecule has 0 saturated carbocycles. The van der Waals surface area contributed by atoms with Crippen LogP contribution in [0.25, 0.3) is 0 Å². The van der Waals surface area contributed by atoms with Crippen LogP contribution in [0, 0.1) is 11.6 Å². The number of aliphatic imine (C=N–C) groups is 1. The minimum atomic E-state index is -0.254. The Morgan fingerprint density at radius 1 is 1.18 bits per heavy atom. The first-order valence-corrected chi connectivity index (χ1v) is 9.76. The number of hydrogen-bond acceptors (Lipinski definition) is 2. The molecule has 0 bridgehead atoms. The molecule has 8 heteroatoms. The first kappa shape index (κ1) is 22.9. The number of rotatable bonds is 4. The van der Waals surface area contributed by atoms with E-state index in [1.165, 1.54) is 12.1 Å². The smallest absolute Gasteiger partial charge is 0.191 e. The third kappa shape index (κ3) is 6.30. The first-order valence-electron chi connectivity index (χ1n) is 8.97. The summed E-state index contributed by atoms with van der Waals surface area (Å²) in [5.41, 5.74) is 1.50. The SMILES string of the molecule is CN=C(NCc1ccc(Br)cc1F)NC1CCN(c2cccc(F)c2)CC1.I. The van der Waals surface area contributed by atoms with E-state index in [9.17, 15) is 8.78 Å². The Bertz CT molecular complexity index is 811. The second-order valence-electron chi connectivity index (χ2n) is 6.55. The zero-order valence-corrected chi connectivity index (χ0v) is 19.5. The number of nitrogens with zero attached hydrogens (tertiary/aromatic N) is 2. The Morgan fingerprint density at radius 3 is 2.57 bits per heavy atom. The molecule has 0 amide bonds. The average molecular weight is 565 g/mol. The zero-order valence-electron chi connectivity index (χ0n) is 15.6. The monoisotopic (exact) mass is 564 g/mol. The molecule has 1 aliphatic rings. The molecule has 0 atom stereocenters. The van der Waals surface area contributed by atoms with Crippen molar-refractivity contribution in [1.82, 2.24) is 10.6 Å². The average Bonchev–Trinajstić information content (AvgIpc) is 2.67. The van der Waals surface area contributed by atoms with Gasteiger partial charge in [-0.2, -0.15) is 0 Å². The van der Waals surface area contributed by atoms with E-state index in [1.54, 1.807) is 25.2 Å². The summed E-state index contributed by atoms with van der Waals surface area (Å²) in [4.78, 5) is 6.42.